The molecule has 4 rings (SSSR count). The summed E-state index contributed by atoms with van der Waals surface area (Å²) in [6, 6.07) is 8.76. The average molecular weight is 303 g/mol. The highest BCUT2D eigenvalue weighted by Crippen LogP contribution is 2.47. The van der Waals surface area contributed by atoms with E-state index >= 15 is 0 Å². The van der Waals surface area contributed by atoms with Crippen LogP contribution in [-0.4, -0.2) is 44.0 Å². The van der Waals surface area contributed by atoms with Gasteiger partial charge in [0, 0.05) is 18.9 Å². The molecule has 0 bridgehead atoms. The molecule has 0 aromatic heterocycles. The first-order chi connectivity index (χ1) is 10.7. The summed E-state index contributed by atoms with van der Waals surface area (Å²) in [5, 5.41) is 0. The fourth-order valence-corrected chi connectivity index (χ4v) is 4.37. The van der Waals surface area contributed by atoms with Crippen LogP contribution in [0.25, 0.3) is 0 Å². The summed E-state index contributed by atoms with van der Waals surface area (Å²) in [6.07, 6.45) is 4.62. The number of nitrogens with zero attached hydrogens (tertiary/aromatic N) is 1. The molecule has 2 saturated heterocycles. The standard InChI is InChI=1S/C18H25NO3/c1-19-9-7-13-6-8-18(11-16(13)19)21-12-17(22-18)14-4-3-5-15(10-14)20-2/h3-5,10,13,16-17H,6-9,11-12H2,1-2H3. The second-order valence-electron chi connectivity index (χ2n) is 6.94. The predicted octanol–water partition coefficient (Wildman–Crippen LogP) is 2.98. The van der Waals surface area contributed by atoms with Crippen LogP contribution >= 0.6 is 0 Å². The Hall–Kier alpha value is -1.10. The fraction of sp³-hybridized carbons (Fsp3) is 0.667. The van der Waals surface area contributed by atoms with Crippen molar-refractivity contribution in [1.82, 2.24) is 4.90 Å². The maximum absolute atomic E-state index is 6.43. The highest BCUT2D eigenvalue weighted by atomic mass is 16.7. The van der Waals surface area contributed by atoms with E-state index in [1.165, 1.54) is 19.4 Å². The molecule has 4 heteroatoms. The van der Waals surface area contributed by atoms with Crippen molar-refractivity contribution in [3.8, 4) is 5.75 Å². The summed E-state index contributed by atoms with van der Waals surface area (Å²) in [7, 11) is 3.93. The number of fused-ring (bicyclic) bond motifs is 1. The molecular weight excluding hydrogens is 278 g/mol. The van der Waals surface area contributed by atoms with Crippen molar-refractivity contribution in [3.63, 3.8) is 0 Å². The Balaban J connectivity index is 1.49. The van der Waals surface area contributed by atoms with Crippen molar-refractivity contribution < 1.29 is 14.2 Å². The van der Waals surface area contributed by atoms with Gasteiger partial charge in [-0.05, 0) is 50.0 Å². The molecule has 1 spiro atoms. The van der Waals surface area contributed by atoms with Crippen molar-refractivity contribution in [2.24, 2.45) is 5.92 Å². The van der Waals surface area contributed by atoms with Gasteiger partial charge in [0.2, 0.25) is 0 Å². The lowest BCUT2D eigenvalue weighted by atomic mass is 9.81. The van der Waals surface area contributed by atoms with Crippen LogP contribution in [0.1, 0.15) is 37.4 Å². The van der Waals surface area contributed by atoms with Crippen LogP contribution in [0, 0.1) is 5.92 Å². The van der Waals surface area contributed by atoms with E-state index in [2.05, 4.69) is 24.1 Å². The molecule has 3 fully saturated rings. The molecule has 1 aromatic carbocycles. The van der Waals surface area contributed by atoms with E-state index in [-0.39, 0.29) is 11.9 Å². The third kappa shape index (κ3) is 2.43. The van der Waals surface area contributed by atoms with E-state index in [0.29, 0.717) is 12.6 Å². The number of hydrogen-bond acceptors (Lipinski definition) is 4. The summed E-state index contributed by atoms with van der Waals surface area (Å²) in [6.45, 7) is 1.86. The molecule has 4 nitrogen and oxygen atoms in total. The minimum atomic E-state index is -0.368. The lowest BCUT2D eigenvalue weighted by molar-refractivity contribution is -0.201. The van der Waals surface area contributed by atoms with E-state index in [1.807, 2.05) is 12.1 Å². The van der Waals surface area contributed by atoms with Gasteiger partial charge in [0.15, 0.2) is 5.79 Å². The fourth-order valence-electron chi connectivity index (χ4n) is 4.37. The zero-order valence-electron chi connectivity index (χ0n) is 13.5. The minimum absolute atomic E-state index is 0.0263. The number of likely N-dealkylation sites (tertiary alicyclic amines) is 1. The Labute approximate surface area is 132 Å². The molecule has 4 atom stereocenters. The highest BCUT2D eigenvalue weighted by Gasteiger charge is 2.50. The molecule has 2 heterocycles. The van der Waals surface area contributed by atoms with E-state index in [1.54, 1.807) is 7.11 Å². The van der Waals surface area contributed by atoms with E-state index in [4.69, 9.17) is 14.2 Å². The van der Waals surface area contributed by atoms with Crippen molar-refractivity contribution in [2.75, 3.05) is 27.3 Å². The van der Waals surface area contributed by atoms with Gasteiger partial charge in [0.25, 0.3) is 0 Å². The van der Waals surface area contributed by atoms with Gasteiger partial charge in [0.1, 0.15) is 11.9 Å². The third-order valence-electron chi connectivity index (χ3n) is 5.70. The van der Waals surface area contributed by atoms with Crippen LogP contribution in [0.5, 0.6) is 5.75 Å². The maximum Gasteiger partial charge on any atom is 0.170 e. The molecule has 0 N–H and O–H groups in total. The third-order valence-corrected chi connectivity index (χ3v) is 5.70. The first-order valence-electron chi connectivity index (χ1n) is 8.35. The Morgan fingerprint density at radius 2 is 2.23 bits per heavy atom. The molecule has 2 aliphatic heterocycles. The molecule has 4 unspecified atom stereocenters. The van der Waals surface area contributed by atoms with E-state index in [9.17, 15) is 0 Å². The lowest BCUT2D eigenvalue weighted by Crippen LogP contribution is -2.45. The molecule has 3 aliphatic rings. The molecule has 0 amide bonds. The number of rotatable bonds is 2. The summed E-state index contributed by atoms with van der Waals surface area (Å²) in [5.41, 5.74) is 1.15. The molecular formula is C18H25NO3. The molecule has 1 saturated carbocycles. The Morgan fingerprint density at radius 1 is 1.32 bits per heavy atom. The molecule has 22 heavy (non-hydrogen) atoms. The Morgan fingerprint density at radius 3 is 3.09 bits per heavy atom. The molecule has 1 aromatic rings. The van der Waals surface area contributed by atoms with Crippen LogP contribution in [0.4, 0.5) is 0 Å². The number of ether oxygens (including phenoxy) is 3. The molecule has 120 valence electrons. The molecule has 0 radical (unpaired) electrons. The van der Waals surface area contributed by atoms with Crippen molar-refractivity contribution in [2.45, 2.75) is 43.6 Å². The van der Waals surface area contributed by atoms with Crippen molar-refractivity contribution in [1.29, 1.82) is 0 Å². The minimum Gasteiger partial charge on any atom is -0.497 e. The van der Waals surface area contributed by atoms with Crippen molar-refractivity contribution in [3.05, 3.63) is 29.8 Å². The Bertz CT molecular complexity index is 549. The topological polar surface area (TPSA) is 30.9 Å². The van der Waals surface area contributed by atoms with Gasteiger partial charge in [-0.15, -0.1) is 0 Å². The first-order valence-corrected chi connectivity index (χ1v) is 8.35. The number of methoxy groups -OCH3 is 1. The van der Waals surface area contributed by atoms with Gasteiger partial charge < -0.3 is 19.1 Å². The lowest BCUT2D eigenvalue weighted by Gasteiger charge is -2.40. The predicted molar refractivity (Wildman–Crippen MR) is 83.9 cm³/mol. The van der Waals surface area contributed by atoms with Gasteiger partial charge in [-0.25, -0.2) is 0 Å². The SMILES string of the molecule is COc1cccc(C2COC3(CCC4CCN(C)C4C3)O2)c1. The van der Waals surface area contributed by atoms with Gasteiger partial charge in [-0.3, -0.25) is 0 Å². The summed E-state index contributed by atoms with van der Waals surface area (Å²) in [5.74, 6) is 1.34. The second-order valence-corrected chi connectivity index (χ2v) is 6.94. The van der Waals surface area contributed by atoms with Crippen molar-refractivity contribution >= 4 is 0 Å². The largest absolute Gasteiger partial charge is 0.497 e. The smallest absolute Gasteiger partial charge is 0.170 e. The molecule has 1 aliphatic carbocycles. The van der Waals surface area contributed by atoms with Gasteiger partial charge in [-0.2, -0.15) is 0 Å². The van der Waals surface area contributed by atoms with E-state index < -0.39 is 0 Å². The summed E-state index contributed by atoms with van der Waals surface area (Å²) in [4.78, 5) is 2.48. The van der Waals surface area contributed by atoms with Crippen LogP contribution in [0.2, 0.25) is 0 Å². The zero-order chi connectivity index (χ0) is 15.2. The average Bonchev–Trinajstić information content (AvgIpc) is 3.13. The van der Waals surface area contributed by atoms with Crippen LogP contribution in [0.3, 0.4) is 0 Å². The van der Waals surface area contributed by atoms with Gasteiger partial charge in [0.05, 0.1) is 13.7 Å². The van der Waals surface area contributed by atoms with Crippen LogP contribution in [-0.2, 0) is 9.47 Å². The quantitative estimate of drug-likeness (QED) is 0.840. The monoisotopic (exact) mass is 303 g/mol. The zero-order valence-corrected chi connectivity index (χ0v) is 13.5. The normalized spacial score (nSPS) is 38.4. The van der Waals surface area contributed by atoms with E-state index in [0.717, 1.165) is 30.1 Å². The Kier molecular flexibility index (Phi) is 3.63. The van der Waals surface area contributed by atoms with Crippen LogP contribution in [0.15, 0.2) is 24.3 Å². The van der Waals surface area contributed by atoms with Gasteiger partial charge in [-0.1, -0.05) is 12.1 Å². The first kappa shape index (κ1) is 14.5. The van der Waals surface area contributed by atoms with Gasteiger partial charge >= 0.3 is 0 Å². The highest BCUT2D eigenvalue weighted by molar-refractivity contribution is 5.30. The second kappa shape index (κ2) is 5.52. The number of benzene rings is 1. The summed E-state index contributed by atoms with van der Waals surface area (Å²) >= 11 is 0. The maximum atomic E-state index is 6.43. The summed E-state index contributed by atoms with van der Waals surface area (Å²) < 4.78 is 17.9. The number of hydrogen-bond donors (Lipinski definition) is 0. The van der Waals surface area contributed by atoms with Crippen LogP contribution < -0.4 is 4.74 Å².